The first-order valence-corrected chi connectivity index (χ1v) is 7.41. The Hall–Kier alpha value is -1.80. The normalized spacial score (nSPS) is 16.8. The summed E-state index contributed by atoms with van der Waals surface area (Å²) < 4.78 is 0. The smallest absolute Gasteiger partial charge is 0.0317 e. The van der Waals surface area contributed by atoms with Gasteiger partial charge in [-0.2, -0.15) is 0 Å². The van der Waals surface area contributed by atoms with Gasteiger partial charge in [-0.25, -0.2) is 0 Å². The lowest BCUT2D eigenvalue weighted by Gasteiger charge is -2.34. The molecule has 0 saturated heterocycles. The third-order valence-corrected chi connectivity index (χ3v) is 4.24. The van der Waals surface area contributed by atoms with E-state index in [-0.39, 0.29) is 0 Å². The fourth-order valence-electron chi connectivity index (χ4n) is 3.09. The fourth-order valence-corrected chi connectivity index (χ4v) is 3.09. The second kappa shape index (κ2) is 5.68. The van der Waals surface area contributed by atoms with Crippen molar-refractivity contribution >= 4 is 5.69 Å². The highest BCUT2D eigenvalue weighted by atomic mass is 15.1. The molecule has 2 aromatic rings. The predicted octanol–water partition coefficient (Wildman–Crippen LogP) is 3.43. The number of fused-ring (bicyclic) bond motifs is 1. The third-order valence-electron chi connectivity index (χ3n) is 4.24. The van der Waals surface area contributed by atoms with Crippen LogP contribution in [0.4, 0.5) is 5.69 Å². The second-order valence-corrected chi connectivity index (χ2v) is 5.67. The molecule has 0 amide bonds. The molecule has 3 rings (SSSR count). The SMILES string of the molecule is CCN(Cc1cccc(N)c1)CC1Cc2ccccc21. The van der Waals surface area contributed by atoms with Gasteiger partial charge in [-0.15, -0.1) is 0 Å². The monoisotopic (exact) mass is 266 g/mol. The zero-order valence-electron chi connectivity index (χ0n) is 12.0. The molecule has 0 radical (unpaired) electrons. The molecular weight excluding hydrogens is 244 g/mol. The molecule has 1 atom stereocenters. The van der Waals surface area contributed by atoms with Crippen LogP contribution in [0.3, 0.4) is 0 Å². The number of nitrogen functional groups attached to an aromatic ring is 1. The van der Waals surface area contributed by atoms with Gasteiger partial charge >= 0.3 is 0 Å². The number of benzene rings is 2. The van der Waals surface area contributed by atoms with Crippen LogP contribution in [0.2, 0.25) is 0 Å². The molecule has 0 fully saturated rings. The summed E-state index contributed by atoms with van der Waals surface area (Å²) in [5.41, 5.74) is 11.1. The highest BCUT2D eigenvalue weighted by Gasteiger charge is 2.26. The van der Waals surface area contributed by atoms with E-state index < -0.39 is 0 Å². The minimum absolute atomic E-state index is 0.701. The van der Waals surface area contributed by atoms with E-state index in [0.29, 0.717) is 5.92 Å². The summed E-state index contributed by atoms with van der Waals surface area (Å²) in [6.45, 7) is 5.44. The zero-order valence-corrected chi connectivity index (χ0v) is 12.0. The van der Waals surface area contributed by atoms with Gasteiger partial charge in [0.05, 0.1) is 0 Å². The Kier molecular flexibility index (Phi) is 3.75. The van der Waals surface area contributed by atoms with Crippen LogP contribution in [0.1, 0.15) is 29.5 Å². The van der Waals surface area contributed by atoms with Crippen LogP contribution in [0, 0.1) is 0 Å². The second-order valence-electron chi connectivity index (χ2n) is 5.67. The first-order chi connectivity index (χ1) is 9.76. The number of hydrogen-bond acceptors (Lipinski definition) is 2. The molecule has 0 spiro atoms. The van der Waals surface area contributed by atoms with E-state index in [1.807, 2.05) is 12.1 Å². The summed E-state index contributed by atoms with van der Waals surface area (Å²) >= 11 is 0. The fraction of sp³-hybridized carbons (Fsp3) is 0.333. The molecule has 0 bridgehead atoms. The molecule has 1 aliphatic carbocycles. The number of hydrogen-bond donors (Lipinski definition) is 1. The Morgan fingerprint density at radius 2 is 2.00 bits per heavy atom. The largest absolute Gasteiger partial charge is 0.399 e. The minimum Gasteiger partial charge on any atom is -0.399 e. The predicted molar refractivity (Wildman–Crippen MR) is 84.7 cm³/mol. The Morgan fingerprint density at radius 1 is 1.15 bits per heavy atom. The van der Waals surface area contributed by atoms with Crippen LogP contribution >= 0.6 is 0 Å². The molecule has 20 heavy (non-hydrogen) atoms. The van der Waals surface area contributed by atoms with Crippen LogP contribution in [-0.2, 0) is 13.0 Å². The van der Waals surface area contributed by atoms with E-state index >= 15 is 0 Å². The van der Waals surface area contributed by atoms with Crippen LogP contribution < -0.4 is 5.73 Å². The van der Waals surface area contributed by atoms with Crippen molar-refractivity contribution in [3.8, 4) is 0 Å². The van der Waals surface area contributed by atoms with Crippen LogP contribution in [0.15, 0.2) is 48.5 Å². The summed E-state index contributed by atoms with van der Waals surface area (Å²) in [5.74, 6) is 0.701. The molecule has 2 heteroatoms. The highest BCUT2D eigenvalue weighted by molar-refractivity contribution is 5.41. The molecule has 104 valence electrons. The Balaban J connectivity index is 1.64. The maximum absolute atomic E-state index is 5.86. The number of rotatable bonds is 5. The van der Waals surface area contributed by atoms with E-state index in [1.54, 1.807) is 5.56 Å². The average molecular weight is 266 g/mol. The Bertz CT molecular complexity index is 591. The van der Waals surface area contributed by atoms with E-state index in [0.717, 1.165) is 25.3 Å². The lowest BCUT2D eigenvalue weighted by molar-refractivity contribution is 0.252. The van der Waals surface area contributed by atoms with Crippen molar-refractivity contribution in [2.75, 3.05) is 18.8 Å². The number of nitrogens with two attached hydrogens (primary N) is 1. The van der Waals surface area contributed by atoms with Crippen molar-refractivity contribution in [3.63, 3.8) is 0 Å². The van der Waals surface area contributed by atoms with Gasteiger partial charge in [-0.05, 0) is 41.8 Å². The molecule has 2 nitrogen and oxygen atoms in total. The molecule has 1 aliphatic rings. The van der Waals surface area contributed by atoms with Gasteiger partial charge in [0.2, 0.25) is 0 Å². The van der Waals surface area contributed by atoms with E-state index in [4.69, 9.17) is 5.73 Å². The standard InChI is InChI=1S/C18H22N2/c1-2-20(12-14-6-5-8-17(19)10-14)13-16-11-15-7-3-4-9-18(15)16/h3-10,16H,2,11-13,19H2,1H3. The topological polar surface area (TPSA) is 29.3 Å². The molecular formula is C18H22N2. The summed E-state index contributed by atoms with van der Waals surface area (Å²) in [7, 11) is 0. The quantitative estimate of drug-likeness (QED) is 0.840. The van der Waals surface area contributed by atoms with Gasteiger partial charge in [0.1, 0.15) is 0 Å². The van der Waals surface area contributed by atoms with Crippen molar-refractivity contribution in [3.05, 3.63) is 65.2 Å². The van der Waals surface area contributed by atoms with E-state index in [2.05, 4.69) is 48.2 Å². The Labute approximate surface area is 121 Å². The zero-order chi connectivity index (χ0) is 13.9. The van der Waals surface area contributed by atoms with Crippen molar-refractivity contribution in [1.29, 1.82) is 0 Å². The molecule has 2 N–H and O–H groups in total. The molecule has 2 aromatic carbocycles. The van der Waals surface area contributed by atoms with Crippen molar-refractivity contribution < 1.29 is 0 Å². The van der Waals surface area contributed by atoms with Crippen LogP contribution in [-0.4, -0.2) is 18.0 Å². The highest BCUT2D eigenvalue weighted by Crippen LogP contribution is 2.35. The minimum atomic E-state index is 0.701. The van der Waals surface area contributed by atoms with E-state index in [9.17, 15) is 0 Å². The number of likely N-dealkylation sites (N-methyl/N-ethyl adjacent to an activating group) is 1. The van der Waals surface area contributed by atoms with Crippen LogP contribution in [0.25, 0.3) is 0 Å². The summed E-state index contributed by atoms with van der Waals surface area (Å²) in [6.07, 6.45) is 1.23. The van der Waals surface area contributed by atoms with Gasteiger partial charge in [0.25, 0.3) is 0 Å². The van der Waals surface area contributed by atoms with Crippen molar-refractivity contribution in [2.24, 2.45) is 0 Å². The summed E-state index contributed by atoms with van der Waals surface area (Å²) in [4.78, 5) is 2.51. The lowest BCUT2D eigenvalue weighted by Crippen LogP contribution is -2.33. The third kappa shape index (κ3) is 2.70. The number of anilines is 1. The number of nitrogens with zero attached hydrogens (tertiary/aromatic N) is 1. The summed E-state index contributed by atoms with van der Waals surface area (Å²) in [5, 5.41) is 0. The molecule has 1 unspecified atom stereocenters. The van der Waals surface area contributed by atoms with Crippen molar-refractivity contribution in [2.45, 2.75) is 25.8 Å². The first kappa shape index (κ1) is 13.2. The first-order valence-electron chi connectivity index (χ1n) is 7.41. The van der Waals surface area contributed by atoms with E-state index in [1.165, 1.54) is 17.5 Å². The molecule has 0 heterocycles. The maximum Gasteiger partial charge on any atom is 0.0317 e. The van der Waals surface area contributed by atoms with Crippen LogP contribution in [0.5, 0.6) is 0 Å². The maximum atomic E-state index is 5.86. The Morgan fingerprint density at radius 3 is 2.75 bits per heavy atom. The van der Waals surface area contributed by atoms with Gasteiger partial charge in [-0.3, -0.25) is 4.90 Å². The lowest BCUT2D eigenvalue weighted by atomic mass is 9.77. The van der Waals surface area contributed by atoms with Gasteiger partial charge in [0, 0.05) is 24.7 Å². The molecule has 0 saturated carbocycles. The summed E-state index contributed by atoms with van der Waals surface area (Å²) in [6, 6.07) is 17.0. The molecule has 0 aliphatic heterocycles. The van der Waals surface area contributed by atoms with Gasteiger partial charge < -0.3 is 5.73 Å². The average Bonchev–Trinajstić information content (AvgIpc) is 2.43. The molecule has 0 aromatic heterocycles. The van der Waals surface area contributed by atoms with Crippen molar-refractivity contribution in [1.82, 2.24) is 4.90 Å². The van der Waals surface area contributed by atoms with Gasteiger partial charge in [0.15, 0.2) is 0 Å². The van der Waals surface area contributed by atoms with Gasteiger partial charge in [-0.1, -0.05) is 43.3 Å².